The van der Waals surface area contributed by atoms with E-state index in [4.69, 9.17) is 4.74 Å². The number of benzene rings is 1. The first kappa shape index (κ1) is 14.8. The molecule has 1 saturated heterocycles. The molecule has 19 heavy (non-hydrogen) atoms. The third-order valence-electron chi connectivity index (χ3n) is 3.70. The molecule has 1 aliphatic heterocycles. The van der Waals surface area contributed by atoms with Crippen molar-refractivity contribution in [2.75, 3.05) is 18.1 Å². The first-order chi connectivity index (χ1) is 9.02. The third kappa shape index (κ3) is 3.30. The van der Waals surface area contributed by atoms with Gasteiger partial charge in [0.1, 0.15) is 0 Å². The second-order valence-corrected chi connectivity index (χ2v) is 6.09. The quantitative estimate of drug-likeness (QED) is 0.922. The van der Waals surface area contributed by atoms with Crippen LogP contribution in [0.3, 0.4) is 0 Å². The van der Waals surface area contributed by atoms with Gasteiger partial charge in [-0.05, 0) is 38.0 Å². The van der Waals surface area contributed by atoms with E-state index in [9.17, 15) is 5.11 Å². The van der Waals surface area contributed by atoms with Crippen molar-refractivity contribution >= 4 is 21.6 Å². The molecule has 0 aliphatic carbocycles. The lowest BCUT2D eigenvalue weighted by molar-refractivity contribution is 0.0299. The van der Waals surface area contributed by atoms with Gasteiger partial charge in [-0.3, -0.25) is 0 Å². The Hall–Kier alpha value is -0.580. The summed E-state index contributed by atoms with van der Waals surface area (Å²) < 4.78 is 6.70. The molecule has 1 fully saturated rings. The van der Waals surface area contributed by atoms with Crippen LogP contribution in [0.15, 0.2) is 22.7 Å². The highest BCUT2D eigenvalue weighted by atomic mass is 79.9. The molecule has 0 aromatic heterocycles. The van der Waals surface area contributed by atoms with Gasteiger partial charge in [-0.15, -0.1) is 0 Å². The predicted octanol–water partition coefficient (Wildman–Crippen LogP) is 3.51. The van der Waals surface area contributed by atoms with Gasteiger partial charge < -0.3 is 14.7 Å². The van der Waals surface area contributed by atoms with Gasteiger partial charge in [-0.2, -0.15) is 0 Å². The van der Waals surface area contributed by atoms with Crippen molar-refractivity contribution in [2.45, 2.75) is 45.4 Å². The highest BCUT2D eigenvalue weighted by Gasteiger charge is 2.26. The predicted molar refractivity (Wildman–Crippen MR) is 81.6 cm³/mol. The summed E-state index contributed by atoms with van der Waals surface area (Å²) in [5.74, 6) is 0. The van der Waals surface area contributed by atoms with Gasteiger partial charge in [-0.1, -0.05) is 28.9 Å². The number of halogens is 1. The first-order valence-corrected chi connectivity index (χ1v) is 7.68. The van der Waals surface area contributed by atoms with Gasteiger partial charge in [0.05, 0.1) is 24.9 Å². The summed E-state index contributed by atoms with van der Waals surface area (Å²) in [6.07, 6.45) is 0.884. The largest absolute Gasteiger partial charge is 0.389 e. The second kappa shape index (κ2) is 6.25. The monoisotopic (exact) mass is 327 g/mol. The molecule has 0 radical (unpaired) electrons. The molecule has 1 aromatic rings. The second-order valence-electron chi connectivity index (χ2n) is 5.24. The molecule has 0 bridgehead atoms. The van der Waals surface area contributed by atoms with Crippen molar-refractivity contribution < 1.29 is 9.84 Å². The first-order valence-electron chi connectivity index (χ1n) is 6.88. The Balaban J connectivity index is 2.26. The van der Waals surface area contributed by atoms with E-state index in [2.05, 4.69) is 46.8 Å². The average molecular weight is 328 g/mol. The maximum absolute atomic E-state index is 9.68. The van der Waals surface area contributed by atoms with E-state index in [1.807, 2.05) is 6.07 Å². The normalized spacial score (nSPS) is 25.4. The van der Waals surface area contributed by atoms with Crippen molar-refractivity contribution in [2.24, 2.45) is 0 Å². The molecule has 106 valence electrons. The van der Waals surface area contributed by atoms with Crippen LogP contribution < -0.4 is 4.90 Å². The molecular formula is C15H22BrNO2. The number of hydrogen-bond acceptors (Lipinski definition) is 3. The molecule has 1 aromatic carbocycles. The lowest BCUT2D eigenvalue weighted by atomic mass is 10.1. The third-order valence-corrected chi connectivity index (χ3v) is 4.39. The zero-order valence-electron chi connectivity index (χ0n) is 11.8. The van der Waals surface area contributed by atoms with Crippen LogP contribution >= 0.6 is 15.9 Å². The van der Waals surface area contributed by atoms with Crippen molar-refractivity contribution in [3.63, 3.8) is 0 Å². The summed E-state index contributed by atoms with van der Waals surface area (Å²) in [5.41, 5.74) is 2.12. The standard InChI is InChI=1S/C15H22BrNO2/c1-4-12-9-19-10(2)8-17(12)13-5-6-14(11(3)18)15(16)7-13/h5-7,10-12,18H,4,8-9H2,1-3H3. The summed E-state index contributed by atoms with van der Waals surface area (Å²) in [5, 5.41) is 9.68. The summed E-state index contributed by atoms with van der Waals surface area (Å²) in [7, 11) is 0. The van der Waals surface area contributed by atoms with Gasteiger partial charge in [-0.25, -0.2) is 0 Å². The topological polar surface area (TPSA) is 32.7 Å². The molecular weight excluding hydrogens is 306 g/mol. The van der Waals surface area contributed by atoms with Gasteiger partial charge >= 0.3 is 0 Å². The lowest BCUT2D eigenvalue weighted by Crippen LogP contribution is -2.48. The number of aliphatic hydroxyl groups is 1. The molecule has 0 saturated carbocycles. The highest BCUT2D eigenvalue weighted by Crippen LogP contribution is 2.31. The van der Waals surface area contributed by atoms with Gasteiger partial charge in [0.25, 0.3) is 0 Å². The Morgan fingerprint density at radius 2 is 2.26 bits per heavy atom. The molecule has 1 heterocycles. The lowest BCUT2D eigenvalue weighted by Gasteiger charge is -2.40. The summed E-state index contributed by atoms with van der Waals surface area (Å²) in [6, 6.07) is 6.62. The Kier molecular flexibility index (Phi) is 4.87. The van der Waals surface area contributed by atoms with Crippen LogP contribution in [0.25, 0.3) is 0 Å². The smallest absolute Gasteiger partial charge is 0.0772 e. The number of nitrogens with zero attached hydrogens (tertiary/aromatic N) is 1. The molecule has 0 amide bonds. The number of ether oxygens (including phenoxy) is 1. The Labute approximate surface area is 123 Å². The maximum atomic E-state index is 9.68. The van der Waals surface area contributed by atoms with Crippen molar-refractivity contribution in [3.8, 4) is 0 Å². The average Bonchev–Trinajstić information content (AvgIpc) is 2.38. The summed E-state index contributed by atoms with van der Waals surface area (Å²) >= 11 is 3.55. The zero-order chi connectivity index (χ0) is 14.0. The molecule has 4 heteroatoms. The zero-order valence-corrected chi connectivity index (χ0v) is 13.4. The fourth-order valence-corrected chi connectivity index (χ4v) is 3.23. The number of aliphatic hydroxyl groups excluding tert-OH is 1. The minimum atomic E-state index is -0.450. The fraction of sp³-hybridized carbons (Fsp3) is 0.600. The van der Waals surface area contributed by atoms with E-state index in [1.54, 1.807) is 6.92 Å². The van der Waals surface area contributed by atoms with Gasteiger partial charge in [0.15, 0.2) is 0 Å². The van der Waals surface area contributed by atoms with Crippen LogP contribution in [0.5, 0.6) is 0 Å². The van der Waals surface area contributed by atoms with E-state index < -0.39 is 6.10 Å². The molecule has 1 aliphatic rings. The van der Waals surface area contributed by atoms with Crippen LogP contribution in [-0.2, 0) is 4.74 Å². The van der Waals surface area contributed by atoms with Crippen molar-refractivity contribution in [1.29, 1.82) is 0 Å². The van der Waals surface area contributed by atoms with E-state index >= 15 is 0 Å². The molecule has 2 rings (SSSR count). The van der Waals surface area contributed by atoms with E-state index in [0.29, 0.717) is 6.04 Å². The SMILES string of the molecule is CCC1COC(C)CN1c1ccc(C(C)O)c(Br)c1. The van der Waals surface area contributed by atoms with Crippen LogP contribution in [0, 0.1) is 0 Å². The van der Waals surface area contributed by atoms with Crippen LogP contribution in [-0.4, -0.2) is 30.4 Å². The van der Waals surface area contributed by atoms with Crippen LogP contribution in [0.4, 0.5) is 5.69 Å². The minimum absolute atomic E-state index is 0.262. The number of morpholine rings is 1. The Morgan fingerprint density at radius 3 is 2.84 bits per heavy atom. The van der Waals surface area contributed by atoms with E-state index in [0.717, 1.165) is 29.6 Å². The fourth-order valence-electron chi connectivity index (χ4n) is 2.53. The van der Waals surface area contributed by atoms with E-state index in [-0.39, 0.29) is 6.10 Å². The summed E-state index contributed by atoms with van der Waals surface area (Å²) in [6.45, 7) is 7.78. The highest BCUT2D eigenvalue weighted by molar-refractivity contribution is 9.10. The Morgan fingerprint density at radius 1 is 1.53 bits per heavy atom. The Bertz CT molecular complexity index is 436. The summed E-state index contributed by atoms with van der Waals surface area (Å²) in [4.78, 5) is 2.41. The minimum Gasteiger partial charge on any atom is -0.389 e. The van der Waals surface area contributed by atoms with E-state index in [1.165, 1.54) is 5.69 Å². The molecule has 3 atom stereocenters. The number of hydrogen-bond donors (Lipinski definition) is 1. The molecule has 3 nitrogen and oxygen atoms in total. The van der Waals surface area contributed by atoms with Gasteiger partial charge in [0, 0.05) is 16.7 Å². The van der Waals surface area contributed by atoms with Crippen LogP contribution in [0.1, 0.15) is 38.9 Å². The van der Waals surface area contributed by atoms with Crippen molar-refractivity contribution in [1.82, 2.24) is 0 Å². The molecule has 3 unspecified atom stereocenters. The molecule has 1 N–H and O–H groups in total. The van der Waals surface area contributed by atoms with Crippen molar-refractivity contribution in [3.05, 3.63) is 28.2 Å². The molecule has 0 spiro atoms. The number of rotatable bonds is 3. The van der Waals surface area contributed by atoms with Gasteiger partial charge in [0.2, 0.25) is 0 Å². The number of anilines is 1. The van der Waals surface area contributed by atoms with Crippen LogP contribution in [0.2, 0.25) is 0 Å². The maximum Gasteiger partial charge on any atom is 0.0772 e.